The summed E-state index contributed by atoms with van der Waals surface area (Å²) in [5.41, 5.74) is -0.0728. The van der Waals surface area contributed by atoms with E-state index in [0.717, 1.165) is 12.3 Å². The molecule has 1 fully saturated rings. The van der Waals surface area contributed by atoms with E-state index in [9.17, 15) is 4.79 Å². The molecule has 0 spiro atoms. The van der Waals surface area contributed by atoms with Gasteiger partial charge < -0.3 is 5.32 Å². The van der Waals surface area contributed by atoms with Crippen molar-refractivity contribution in [2.24, 2.45) is 5.92 Å². The molecular formula is C11H21NO. The number of hydrogen-bond acceptors (Lipinski definition) is 1. The van der Waals surface area contributed by atoms with E-state index >= 15 is 0 Å². The van der Waals surface area contributed by atoms with E-state index in [2.05, 4.69) is 5.32 Å². The van der Waals surface area contributed by atoms with Crippen LogP contribution in [0.2, 0.25) is 0 Å². The molecule has 0 radical (unpaired) electrons. The van der Waals surface area contributed by atoms with Gasteiger partial charge in [-0.1, -0.05) is 12.8 Å². The predicted octanol–water partition coefficient (Wildman–Crippen LogP) is 2.48. The van der Waals surface area contributed by atoms with E-state index in [4.69, 9.17) is 0 Å². The van der Waals surface area contributed by atoms with Crippen molar-refractivity contribution < 1.29 is 4.79 Å². The second kappa shape index (κ2) is 4.12. The van der Waals surface area contributed by atoms with Crippen molar-refractivity contribution in [3.63, 3.8) is 0 Å². The molecule has 1 saturated carbocycles. The van der Waals surface area contributed by atoms with Gasteiger partial charge in [0.05, 0.1) is 0 Å². The number of carbonyl (C=O) groups excluding carboxylic acids is 1. The lowest BCUT2D eigenvalue weighted by atomic mass is 10.1. The van der Waals surface area contributed by atoms with Gasteiger partial charge in [-0.2, -0.15) is 0 Å². The zero-order chi connectivity index (χ0) is 9.90. The van der Waals surface area contributed by atoms with E-state index in [0.29, 0.717) is 6.42 Å². The van der Waals surface area contributed by atoms with E-state index < -0.39 is 0 Å². The molecule has 13 heavy (non-hydrogen) atoms. The Morgan fingerprint density at radius 1 is 1.38 bits per heavy atom. The SMILES string of the molecule is CC(C)(C)NC(=O)CCCC1CC1. The monoisotopic (exact) mass is 183 g/mol. The quantitative estimate of drug-likeness (QED) is 0.712. The minimum absolute atomic E-state index is 0.0728. The first kappa shape index (κ1) is 10.6. The van der Waals surface area contributed by atoms with E-state index in [1.54, 1.807) is 0 Å². The molecule has 1 aliphatic rings. The van der Waals surface area contributed by atoms with Crippen molar-refractivity contribution in [3.8, 4) is 0 Å². The Bertz CT molecular complexity index is 177. The van der Waals surface area contributed by atoms with Crippen molar-refractivity contribution in [2.75, 3.05) is 0 Å². The third kappa shape index (κ3) is 5.67. The molecule has 0 atom stereocenters. The molecule has 0 aliphatic heterocycles. The molecule has 0 saturated heterocycles. The minimum atomic E-state index is -0.0728. The number of rotatable bonds is 4. The smallest absolute Gasteiger partial charge is 0.220 e. The summed E-state index contributed by atoms with van der Waals surface area (Å²) in [7, 11) is 0. The summed E-state index contributed by atoms with van der Waals surface area (Å²) in [5.74, 6) is 1.15. The van der Waals surface area contributed by atoms with Crippen molar-refractivity contribution in [3.05, 3.63) is 0 Å². The van der Waals surface area contributed by atoms with Crippen LogP contribution in [0.25, 0.3) is 0 Å². The average Bonchev–Trinajstić information content (AvgIpc) is 2.66. The third-order valence-electron chi connectivity index (χ3n) is 2.23. The second-order valence-electron chi connectivity index (χ2n) is 5.13. The van der Waals surface area contributed by atoms with Gasteiger partial charge in [-0.3, -0.25) is 4.79 Å². The molecule has 0 aromatic rings. The Hall–Kier alpha value is -0.530. The maximum Gasteiger partial charge on any atom is 0.220 e. The van der Waals surface area contributed by atoms with Gasteiger partial charge in [0.25, 0.3) is 0 Å². The molecule has 1 rings (SSSR count). The zero-order valence-electron chi connectivity index (χ0n) is 9.02. The first-order chi connectivity index (χ1) is 5.97. The lowest BCUT2D eigenvalue weighted by Crippen LogP contribution is -2.40. The summed E-state index contributed by atoms with van der Waals surface area (Å²) in [6.07, 6.45) is 5.79. The highest BCUT2D eigenvalue weighted by molar-refractivity contribution is 5.76. The molecule has 0 heterocycles. The van der Waals surface area contributed by atoms with Crippen LogP contribution in [0.3, 0.4) is 0 Å². The average molecular weight is 183 g/mol. The van der Waals surface area contributed by atoms with Crippen LogP contribution in [0.1, 0.15) is 52.9 Å². The van der Waals surface area contributed by atoms with Gasteiger partial charge in [0.1, 0.15) is 0 Å². The van der Waals surface area contributed by atoms with Crippen molar-refractivity contribution in [1.82, 2.24) is 5.32 Å². The molecule has 2 nitrogen and oxygen atoms in total. The maximum atomic E-state index is 11.3. The summed E-state index contributed by atoms with van der Waals surface area (Å²) in [5, 5.41) is 2.97. The summed E-state index contributed by atoms with van der Waals surface area (Å²) in [4.78, 5) is 11.3. The fourth-order valence-corrected chi connectivity index (χ4v) is 1.44. The fraction of sp³-hybridized carbons (Fsp3) is 0.909. The highest BCUT2D eigenvalue weighted by Crippen LogP contribution is 2.33. The molecule has 0 unspecified atom stereocenters. The van der Waals surface area contributed by atoms with Crippen LogP contribution in [-0.4, -0.2) is 11.4 Å². The predicted molar refractivity (Wildman–Crippen MR) is 54.5 cm³/mol. The van der Waals surface area contributed by atoms with Crippen LogP contribution in [0.5, 0.6) is 0 Å². The van der Waals surface area contributed by atoms with Gasteiger partial charge >= 0.3 is 0 Å². The molecule has 0 bridgehead atoms. The Morgan fingerprint density at radius 3 is 2.46 bits per heavy atom. The van der Waals surface area contributed by atoms with E-state index in [1.807, 2.05) is 20.8 Å². The lowest BCUT2D eigenvalue weighted by molar-refractivity contribution is -0.122. The van der Waals surface area contributed by atoms with E-state index in [1.165, 1.54) is 19.3 Å². The number of carbonyl (C=O) groups is 1. The summed E-state index contributed by atoms with van der Waals surface area (Å²) >= 11 is 0. The second-order valence-corrected chi connectivity index (χ2v) is 5.13. The standard InChI is InChI=1S/C11H21NO/c1-11(2,3)12-10(13)6-4-5-9-7-8-9/h9H,4-8H2,1-3H3,(H,12,13). The van der Waals surface area contributed by atoms with Gasteiger partial charge in [-0.25, -0.2) is 0 Å². The van der Waals surface area contributed by atoms with Crippen LogP contribution in [0.4, 0.5) is 0 Å². The van der Waals surface area contributed by atoms with Gasteiger partial charge in [-0.05, 0) is 39.5 Å². The molecule has 1 N–H and O–H groups in total. The van der Waals surface area contributed by atoms with Crippen LogP contribution < -0.4 is 5.32 Å². The number of hydrogen-bond donors (Lipinski definition) is 1. The normalized spacial score (nSPS) is 17.2. The zero-order valence-corrected chi connectivity index (χ0v) is 9.02. The molecule has 0 aromatic heterocycles. The van der Waals surface area contributed by atoms with Crippen molar-refractivity contribution in [2.45, 2.75) is 58.4 Å². The van der Waals surface area contributed by atoms with Crippen LogP contribution >= 0.6 is 0 Å². The fourth-order valence-electron chi connectivity index (χ4n) is 1.44. The summed E-state index contributed by atoms with van der Waals surface area (Å²) in [6.45, 7) is 6.06. The van der Waals surface area contributed by atoms with Gasteiger partial charge in [0, 0.05) is 12.0 Å². The number of nitrogens with one attached hydrogen (secondary N) is 1. The highest BCUT2D eigenvalue weighted by atomic mass is 16.1. The van der Waals surface area contributed by atoms with E-state index in [-0.39, 0.29) is 11.4 Å². The summed E-state index contributed by atoms with van der Waals surface area (Å²) < 4.78 is 0. The highest BCUT2D eigenvalue weighted by Gasteiger charge is 2.21. The van der Waals surface area contributed by atoms with Crippen molar-refractivity contribution in [1.29, 1.82) is 0 Å². The molecule has 76 valence electrons. The lowest BCUT2D eigenvalue weighted by Gasteiger charge is -2.20. The minimum Gasteiger partial charge on any atom is -0.352 e. The van der Waals surface area contributed by atoms with Crippen LogP contribution in [0.15, 0.2) is 0 Å². The van der Waals surface area contributed by atoms with Crippen LogP contribution in [-0.2, 0) is 4.79 Å². The first-order valence-corrected chi connectivity index (χ1v) is 5.28. The summed E-state index contributed by atoms with van der Waals surface area (Å²) in [6, 6.07) is 0. The number of amides is 1. The largest absolute Gasteiger partial charge is 0.352 e. The Kier molecular flexibility index (Phi) is 3.34. The first-order valence-electron chi connectivity index (χ1n) is 5.28. The third-order valence-corrected chi connectivity index (χ3v) is 2.23. The van der Waals surface area contributed by atoms with Gasteiger partial charge in [0.15, 0.2) is 0 Å². The van der Waals surface area contributed by atoms with Gasteiger partial charge in [-0.15, -0.1) is 0 Å². The Morgan fingerprint density at radius 2 is 2.00 bits per heavy atom. The van der Waals surface area contributed by atoms with Crippen molar-refractivity contribution >= 4 is 5.91 Å². The topological polar surface area (TPSA) is 29.1 Å². The molecule has 1 amide bonds. The molecule has 2 heteroatoms. The molecule has 0 aromatic carbocycles. The molecular weight excluding hydrogens is 162 g/mol. The molecule has 1 aliphatic carbocycles. The van der Waals surface area contributed by atoms with Crippen LogP contribution in [0, 0.1) is 5.92 Å². The Labute approximate surface area is 81.1 Å². The Balaban J connectivity index is 2.02. The van der Waals surface area contributed by atoms with Gasteiger partial charge in [0.2, 0.25) is 5.91 Å². The maximum absolute atomic E-state index is 11.3.